The number of benzene rings is 3. The molecule has 12 heteroatoms. The quantitative estimate of drug-likeness (QED) is 0.214. The Bertz CT molecular complexity index is 1490. The van der Waals surface area contributed by atoms with Gasteiger partial charge in [-0.25, -0.2) is 9.18 Å². The number of hydrogen-bond donors (Lipinski definition) is 3. The fraction of sp³-hybridized carbons (Fsp3) is 0.160. The van der Waals surface area contributed by atoms with Crippen molar-refractivity contribution in [3.8, 4) is 16.9 Å². The summed E-state index contributed by atoms with van der Waals surface area (Å²) in [5.74, 6) is -3.38. The van der Waals surface area contributed by atoms with E-state index in [2.05, 4.69) is 10.5 Å². The van der Waals surface area contributed by atoms with Crippen molar-refractivity contribution in [2.75, 3.05) is 17.4 Å². The van der Waals surface area contributed by atoms with Gasteiger partial charge in [0.25, 0.3) is 0 Å². The number of alkyl halides is 3. The molecule has 0 saturated heterocycles. The number of fused-ring (bicyclic) bond motifs is 1. The lowest BCUT2D eigenvalue weighted by molar-refractivity contribution is -0.137. The van der Waals surface area contributed by atoms with Crippen molar-refractivity contribution >= 4 is 40.6 Å². The van der Waals surface area contributed by atoms with Gasteiger partial charge in [0, 0.05) is 17.6 Å². The van der Waals surface area contributed by atoms with Crippen LogP contribution < -0.4 is 10.3 Å². The van der Waals surface area contributed by atoms with Gasteiger partial charge in [0.2, 0.25) is 5.91 Å². The largest absolute Gasteiger partial charge is 0.505 e. The Labute approximate surface area is 212 Å². The van der Waals surface area contributed by atoms with Crippen LogP contribution in [0.3, 0.4) is 0 Å². The van der Waals surface area contributed by atoms with Gasteiger partial charge in [-0.3, -0.25) is 10.2 Å². The maximum absolute atomic E-state index is 14.8. The molecule has 37 heavy (non-hydrogen) atoms. The number of nitrogens with one attached hydrogen (secondary N) is 1. The Morgan fingerprint density at radius 3 is 2.51 bits per heavy atom. The Morgan fingerprint density at radius 2 is 1.86 bits per heavy atom. The molecule has 3 N–H and O–H groups in total. The van der Waals surface area contributed by atoms with Crippen LogP contribution in [0.2, 0.25) is 5.02 Å². The molecule has 0 aliphatic carbocycles. The smallest absolute Gasteiger partial charge is 0.416 e. The number of aromatic hydroxyl groups is 1. The summed E-state index contributed by atoms with van der Waals surface area (Å²) in [5.41, 5.74) is 1.42. The van der Waals surface area contributed by atoms with Gasteiger partial charge in [-0.05, 0) is 48.4 Å². The lowest BCUT2D eigenvalue weighted by Crippen LogP contribution is -2.36. The Morgan fingerprint density at radius 1 is 1.16 bits per heavy atom. The van der Waals surface area contributed by atoms with E-state index in [0.29, 0.717) is 23.3 Å². The number of phenolic OH excluding ortho intramolecular Hbond substituents is 1. The number of amides is 1. The number of halogens is 5. The summed E-state index contributed by atoms with van der Waals surface area (Å²) < 4.78 is 54.4. The molecule has 0 unspecified atom stereocenters. The van der Waals surface area contributed by atoms with Crippen LogP contribution in [0.15, 0.2) is 47.6 Å². The number of aryl methyl sites for hydroxylation is 1. The van der Waals surface area contributed by atoms with E-state index in [-0.39, 0.29) is 44.5 Å². The third-order valence-electron chi connectivity index (χ3n) is 5.90. The zero-order valence-electron chi connectivity index (χ0n) is 19.2. The van der Waals surface area contributed by atoms with Crippen molar-refractivity contribution < 1.29 is 37.4 Å². The van der Waals surface area contributed by atoms with Crippen LogP contribution in [-0.2, 0) is 11.0 Å². The third kappa shape index (κ3) is 4.94. The van der Waals surface area contributed by atoms with E-state index in [9.17, 15) is 37.4 Å². The number of hydrogen-bond acceptors (Lipinski definition) is 5. The fourth-order valence-corrected chi connectivity index (χ4v) is 4.16. The lowest BCUT2D eigenvalue weighted by Gasteiger charge is -2.28. The van der Waals surface area contributed by atoms with Crippen LogP contribution in [0.5, 0.6) is 5.75 Å². The second-order valence-corrected chi connectivity index (χ2v) is 8.77. The zero-order chi connectivity index (χ0) is 27.2. The van der Waals surface area contributed by atoms with E-state index >= 15 is 0 Å². The highest BCUT2D eigenvalue weighted by Crippen LogP contribution is 2.40. The molecule has 0 saturated carbocycles. The van der Waals surface area contributed by atoms with Crippen molar-refractivity contribution in [2.24, 2.45) is 5.10 Å². The van der Waals surface area contributed by atoms with Crippen LogP contribution in [0, 0.1) is 12.7 Å². The van der Waals surface area contributed by atoms with Gasteiger partial charge >= 0.3 is 12.1 Å². The molecular weight excluding hydrogens is 518 g/mol. The first-order valence-corrected chi connectivity index (χ1v) is 11.0. The molecule has 1 aliphatic heterocycles. The highest BCUT2D eigenvalue weighted by atomic mass is 35.5. The molecule has 0 aromatic heterocycles. The van der Waals surface area contributed by atoms with Crippen molar-refractivity contribution in [1.82, 2.24) is 0 Å². The number of aromatic carboxylic acids is 1. The van der Waals surface area contributed by atoms with Crippen molar-refractivity contribution in [3.05, 3.63) is 75.6 Å². The normalized spacial score (nSPS) is 14.6. The summed E-state index contributed by atoms with van der Waals surface area (Å²) in [6.45, 7) is 1.62. The van der Waals surface area contributed by atoms with Crippen LogP contribution in [0.1, 0.15) is 33.5 Å². The Kier molecular flexibility index (Phi) is 6.59. The molecule has 1 aliphatic rings. The van der Waals surface area contributed by atoms with Crippen LogP contribution >= 0.6 is 11.6 Å². The predicted molar refractivity (Wildman–Crippen MR) is 130 cm³/mol. The second kappa shape index (κ2) is 9.40. The van der Waals surface area contributed by atoms with E-state index in [0.717, 1.165) is 4.90 Å². The first kappa shape index (κ1) is 26.0. The van der Waals surface area contributed by atoms with Crippen molar-refractivity contribution in [2.45, 2.75) is 19.5 Å². The second-order valence-electron chi connectivity index (χ2n) is 8.33. The lowest BCUT2D eigenvalue weighted by atomic mass is 9.96. The van der Waals surface area contributed by atoms with Gasteiger partial charge in [0.05, 0.1) is 34.5 Å². The molecular formula is C25H18ClF4N3O4. The molecule has 4 rings (SSSR count). The average Bonchev–Trinajstić information content (AvgIpc) is 2.81. The number of carboxylic acid groups (broad SMARTS) is 1. The van der Waals surface area contributed by atoms with E-state index in [4.69, 9.17) is 11.6 Å². The number of hydrazone groups is 1. The number of phenols is 1. The number of nitrogens with zero attached hydrogens (tertiary/aromatic N) is 2. The third-order valence-corrected chi connectivity index (χ3v) is 6.12. The van der Waals surface area contributed by atoms with Gasteiger partial charge in [0.15, 0.2) is 0 Å². The van der Waals surface area contributed by atoms with Gasteiger partial charge in [0.1, 0.15) is 17.3 Å². The first-order chi connectivity index (χ1) is 17.3. The van der Waals surface area contributed by atoms with Crippen LogP contribution in [-0.4, -0.2) is 34.8 Å². The zero-order valence-corrected chi connectivity index (χ0v) is 20.0. The van der Waals surface area contributed by atoms with Crippen LogP contribution in [0.4, 0.5) is 28.9 Å². The van der Waals surface area contributed by atoms with Gasteiger partial charge in [-0.2, -0.15) is 18.3 Å². The monoisotopic (exact) mass is 535 g/mol. The maximum atomic E-state index is 14.8. The van der Waals surface area contributed by atoms with Gasteiger partial charge in [-0.15, -0.1) is 0 Å². The summed E-state index contributed by atoms with van der Waals surface area (Å²) in [6, 6.07) is 8.18. The number of carbonyl (C=O) groups is 2. The van der Waals surface area contributed by atoms with E-state index in [1.165, 1.54) is 25.2 Å². The van der Waals surface area contributed by atoms with E-state index in [1.54, 1.807) is 19.1 Å². The highest BCUT2D eigenvalue weighted by molar-refractivity contribution is 6.31. The molecule has 0 bridgehead atoms. The summed E-state index contributed by atoms with van der Waals surface area (Å²) >= 11 is 6.19. The van der Waals surface area contributed by atoms with Crippen LogP contribution in [0.25, 0.3) is 11.1 Å². The summed E-state index contributed by atoms with van der Waals surface area (Å²) in [7, 11) is 1.23. The molecule has 0 radical (unpaired) electrons. The molecule has 0 fully saturated rings. The predicted octanol–water partition coefficient (Wildman–Crippen LogP) is 6.06. The first-order valence-electron chi connectivity index (χ1n) is 10.6. The number of anilines is 2. The standard InChI is InChI=1S/C25H18ClF4N3O4/c1-11-3-4-12(5-15(11)24(36)37)16-8-14(26)9-19(23(16)35)32-31-18-10-21(34)33(2)20-7-13(25(28,29)30)6-17(27)22(18)20/h3-9,32,35H,10H2,1-2H3,(H,36,37)/b31-18+. The molecule has 1 heterocycles. The number of carboxylic acids is 1. The van der Waals surface area contributed by atoms with E-state index < -0.39 is 35.9 Å². The minimum Gasteiger partial charge on any atom is -0.505 e. The molecule has 7 nitrogen and oxygen atoms in total. The summed E-state index contributed by atoms with van der Waals surface area (Å²) in [5, 5.41) is 24.4. The minimum absolute atomic E-state index is 0.0155. The minimum atomic E-state index is -4.83. The fourth-order valence-electron chi connectivity index (χ4n) is 3.94. The topological polar surface area (TPSA) is 102 Å². The average molecular weight is 536 g/mol. The number of rotatable bonds is 4. The van der Waals surface area contributed by atoms with E-state index in [1.807, 2.05) is 0 Å². The highest BCUT2D eigenvalue weighted by Gasteiger charge is 2.36. The van der Waals surface area contributed by atoms with Crippen molar-refractivity contribution in [3.63, 3.8) is 0 Å². The van der Waals surface area contributed by atoms with Crippen molar-refractivity contribution in [1.29, 1.82) is 0 Å². The molecule has 0 spiro atoms. The van der Waals surface area contributed by atoms with Gasteiger partial charge < -0.3 is 15.1 Å². The van der Waals surface area contributed by atoms with Gasteiger partial charge in [-0.1, -0.05) is 23.7 Å². The summed E-state index contributed by atoms with van der Waals surface area (Å²) in [4.78, 5) is 24.8. The Hall–Kier alpha value is -4.12. The SMILES string of the molecule is Cc1ccc(-c2cc(Cl)cc(N/N=C3\CC(=O)N(C)c4cc(C(F)(F)F)cc(F)c43)c2O)cc1C(=O)O. The molecule has 3 aromatic carbocycles. The summed E-state index contributed by atoms with van der Waals surface area (Å²) in [6.07, 6.45) is -5.25. The Balaban J connectivity index is 1.78. The molecule has 192 valence electrons. The molecule has 1 amide bonds. The maximum Gasteiger partial charge on any atom is 0.416 e. The number of carbonyl (C=O) groups excluding carboxylic acids is 1. The molecule has 3 aromatic rings. The molecule has 0 atom stereocenters.